The van der Waals surface area contributed by atoms with Gasteiger partial charge in [-0.15, -0.1) is 4.91 Å². The fourth-order valence-electron chi connectivity index (χ4n) is 1.74. The minimum Gasteiger partial charge on any atom is -0.465 e. The van der Waals surface area contributed by atoms with Gasteiger partial charge >= 0.3 is 5.97 Å². The number of nitrogens with zero attached hydrogens (tertiary/aromatic N) is 1. The third kappa shape index (κ3) is 7.70. The van der Waals surface area contributed by atoms with E-state index in [0.29, 0.717) is 6.42 Å². The van der Waals surface area contributed by atoms with Crippen molar-refractivity contribution in [3.8, 4) is 0 Å². The van der Waals surface area contributed by atoms with E-state index in [1.54, 1.807) is 0 Å². The Morgan fingerprint density at radius 3 is 2.00 bits per heavy atom. The zero-order valence-electron chi connectivity index (χ0n) is 12.8. The highest BCUT2D eigenvalue weighted by atomic mass is 16.5. The zero-order valence-corrected chi connectivity index (χ0v) is 12.8. The Hall–Kier alpha value is -1.26. The highest BCUT2D eigenvalue weighted by Gasteiger charge is 2.35. The van der Waals surface area contributed by atoms with Crippen LogP contribution < -0.4 is 0 Å². The van der Waals surface area contributed by atoms with Crippen LogP contribution in [0.2, 0.25) is 0 Å². The van der Waals surface area contributed by atoms with Crippen LogP contribution in [0.15, 0.2) is 5.18 Å². The fraction of sp³-hybridized carbons (Fsp3) is 0.857. The van der Waals surface area contributed by atoms with Crippen LogP contribution in [0.5, 0.6) is 0 Å². The van der Waals surface area contributed by atoms with Gasteiger partial charge in [0.25, 0.3) is 5.91 Å². The normalized spacial score (nSPS) is 13.8. The molecule has 0 radical (unpaired) electrons. The number of carbonyl (C=O) groups is 2. The first-order valence-corrected chi connectivity index (χ1v) is 6.50. The van der Waals surface area contributed by atoms with Gasteiger partial charge in [0.15, 0.2) is 0 Å². The Labute approximate surface area is 115 Å². The third-order valence-corrected chi connectivity index (χ3v) is 2.81. The van der Waals surface area contributed by atoms with Crippen LogP contribution in [0.25, 0.3) is 0 Å². The van der Waals surface area contributed by atoms with Gasteiger partial charge in [-0.1, -0.05) is 41.5 Å². The van der Waals surface area contributed by atoms with Crippen LogP contribution in [0.4, 0.5) is 0 Å². The predicted octanol–water partition coefficient (Wildman–Crippen LogP) is 3.31. The average molecular weight is 271 g/mol. The van der Waals surface area contributed by atoms with Crippen molar-refractivity contribution >= 4 is 11.9 Å². The summed E-state index contributed by atoms with van der Waals surface area (Å²) in [5, 5.41) is 2.26. The van der Waals surface area contributed by atoms with Crippen LogP contribution in [-0.2, 0) is 14.3 Å². The van der Waals surface area contributed by atoms with E-state index in [-0.39, 0.29) is 35.7 Å². The van der Waals surface area contributed by atoms with Crippen molar-refractivity contribution in [1.29, 1.82) is 0 Å². The summed E-state index contributed by atoms with van der Waals surface area (Å²) < 4.78 is 5.09. The molecule has 19 heavy (non-hydrogen) atoms. The molecule has 0 bridgehead atoms. The van der Waals surface area contributed by atoms with E-state index in [4.69, 9.17) is 4.74 Å². The number of nitroso groups, excluding NO2 is 1. The van der Waals surface area contributed by atoms with E-state index in [2.05, 4.69) is 25.9 Å². The first kappa shape index (κ1) is 17.7. The summed E-state index contributed by atoms with van der Waals surface area (Å²) in [6.45, 7) is 12.1. The molecule has 0 saturated heterocycles. The summed E-state index contributed by atoms with van der Waals surface area (Å²) in [6.07, 6.45) is 0.552. The lowest BCUT2D eigenvalue weighted by Gasteiger charge is -2.33. The molecule has 0 aliphatic carbocycles. The van der Waals surface area contributed by atoms with Crippen molar-refractivity contribution in [2.45, 2.75) is 54.4 Å². The third-order valence-electron chi connectivity index (χ3n) is 2.81. The standard InChI is InChI=1S/C14H25NO4/c1-13(2,3)9-10(14(4,5)6)12(17)19-8-7-11(16)15-18/h10H,7-9H2,1-6H3. The van der Waals surface area contributed by atoms with E-state index >= 15 is 0 Å². The van der Waals surface area contributed by atoms with Crippen molar-refractivity contribution in [2.75, 3.05) is 6.61 Å². The van der Waals surface area contributed by atoms with Gasteiger partial charge < -0.3 is 4.74 Å². The van der Waals surface area contributed by atoms with E-state index in [1.165, 1.54) is 0 Å². The number of rotatable bonds is 5. The SMILES string of the molecule is CC(C)(C)CC(C(=O)OCCC(=O)N=O)C(C)(C)C. The lowest BCUT2D eigenvalue weighted by Crippen LogP contribution is -2.34. The summed E-state index contributed by atoms with van der Waals surface area (Å²) in [5.74, 6) is -1.36. The predicted molar refractivity (Wildman–Crippen MR) is 73.4 cm³/mol. The Bertz CT molecular complexity index is 336. The fourth-order valence-corrected chi connectivity index (χ4v) is 1.74. The summed E-state index contributed by atoms with van der Waals surface area (Å²) >= 11 is 0. The molecule has 0 fully saturated rings. The number of amides is 1. The minimum absolute atomic E-state index is 0.0110. The molecule has 0 rings (SSSR count). The van der Waals surface area contributed by atoms with Crippen molar-refractivity contribution in [1.82, 2.24) is 0 Å². The summed E-state index contributed by atoms with van der Waals surface area (Å²) in [5.41, 5.74) is -0.200. The molecule has 5 heteroatoms. The molecular formula is C14H25NO4. The highest BCUT2D eigenvalue weighted by molar-refractivity contribution is 5.77. The Morgan fingerprint density at radius 1 is 1.11 bits per heavy atom. The Kier molecular flexibility index (Phi) is 6.33. The van der Waals surface area contributed by atoms with Gasteiger partial charge in [0.1, 0.15) is 6.61 Å². The lowest BCUT2D eigenvalue weighted by atomic mass is 9.72. The van der Waals surface area contributed by atoms with Crippen molar-refractivity contribution in [3.63, 3.8) is 0 Å². The number of hydrogen-bond acceptors (Lipinski definition) is 4. The molecule has 0 aromatic rings. The van der Waals surface area contributed by atoms with Gasteiger partial charge in [0.05, 0.1) is 12.3 Å². The summed E-state index contributed by atoms with van der Waals surface area (Å²) in [4.78, 5) is 32.7. The highest BCUT2D eigenvalue weighted by Crippen LogP contribution is 2.36. The molecule has 0 aliphatic rings. The second-order valence-corrected chi connectivity index (χ2v) is 7.09. The maximum atomic E-state index is 12.1. The van der Waals surface area contributed by atoms with E-state index in [0.717, 1.165) is 0 Å². The lowest BCUT2D eigenvalue weighted by molar-refractivity contribution is -0.154. The van der Waals surface area contributed by atoms with Gasteiger partial charge in [-0.2, -0.15) is 0 Å². The molecule has 1 unspecified atom stereocenters. The maximum absolute atomic E-state index is 12.1. The molecule has 0 aromatic carbocycles. The van der Waals surface area contributed by atoms with E-state index < -0.39 is 5.91 Å². The number of esters is 1. The van der Waals surface area contributed by atoms with Crippen molar-refractivity contribution in [2.24, 2.45) is 21.9 Å². The number of carbonyl (C=O) groups excluding carboxylic acids is 2. The van der Waals surface area contributed by atoms with Gasteiger partial charge in [-0.3, -0.25) is 9.59 Å². The first-order chi connectivity index (χ1) is 8.47. The van der Waals surface area contributed by atoms with E-state index in [1.807, 2.05) is 20.8 Å². The second-order valence-electron chi connectivity index (χ2n) is 7.09. The van der Waals surface area contributed by atoms with Gasteiger partial charge in [-0.25, -0.2) is 0 Å². The molecule has 5 nitrogen and oxygen atoms in total. The summed E-state index contributed by atoms with van der Waals surface area (Å²) in [6, 6.07) is 0. The molecule has 1 atom stereocenters. The van der Waals surface area contributed by atoms with Crippen molar-refractivity contribution < 1.29 is 14.3 Å². The van der Waals surface area contributed by atoms with Gasteiger partial charge in [-0.05, 0) is 17.3 Å². The molecule has 0 aliphatic heterocycles. The average Bonchev–Trinajstić information content (AvgIpc) is 2.22. The quantitative estimate of drug-likeness (QED) is 0.568. The molecule has 0 heterocycles. The second kappa shape index (κ2) is 6.78. The van der Waals surface area contributed by atoms with Crippen molar-refractivity contribution in [3.05, 3.63) is 4.91 Å². The number of hydrogen-bond donors (Lipinski definition) is 0. The Balaban J connectivity index is 4.57. The van der Waals surface area contributed by atoms with E-state index in [9.17, 15) is 14.5 Å². The molecule has 0 saturated carbocycles. The number of ether oxygens (including phenoxy) is 1. The Morgan fingerprint density at radius 2 is 1.63 bits per heavy atom. The molecule has 0 spiro atoms. The maximum Gasteiger partial charge on any atom is 0.309 e. The minimum atomic E-state index is -0.795. The van der Waals surface area contributed by atoms with Crippen LogP contribution in [-0.4, -0.2) is 18.5 Å². The molecular weight excluding hydrogens is 246 g/mol. The zero-order chi connectivity index (χ0) is 15.3. The van der Waals surface area contributed by atoms with Gasteiger partial charge in [0.2, 0.25) is 0 Å². The van der Waals surface area contributed by atoms with Crippen LogP contribution in [0.3, 0.4) is 0 Å². The van der Waals surface area contributed by atoms with Crippen LogP contribution >= 0.6 is 0 Å². The topological polar surface area (TPSA) is 72.8 Å². The molecule has 0 N–H and O–H groups in total. The monoisotopic (exact) mass is 271 g/mol. The van der Waals surface area contributed by atoms with Gasteiger partial charge in [0, 0.05) is 5.18 Å². The largest absolute Gasteiger partial charge is 0.465 e. The summed E-state index contributed by atoms with van der Waals surface area (Å²) in [7, 11) is 0. The smallest absolute Gasteiger partial charge is 0.309 e. The molecule has 110 valence electrons. The molecule has 0 aromatic heterocycles. The molecule has 1 amide bonds. The van der Waals surface area contributed by atoms with Crippen LogP contribution in [0.1, 0.15) is 54.4 Å². The first-order valence-electron chi connectivity index (χ1n) is 6.50. The van der Waals surface area contributed by atoms with Crippen LogP contribution in [0, 0.1) is 21.7 Å².